The van der Waals surface area contributed by atoms with Crippen molar-refractivity contribution in [1.29, 1.82) is 0 Å². The van der Waals surface area contributed by atoms with Crippen molar-refractivity contribution >= 4 is 23.6 Å². The minimum absolute atomic E-state index is 0.352. The van der Waals surface area contributed by atoms with E-state index in [0.29, 0.717) is 29.7 Å². The number of rotatable bonds is 13. The summed E-state index contributed by atoms with van der Waals surface area (Å²) in [7, 11) is 0. The number of carboxylic acid groups (broad SMARTS) is 1. The number of ether oxygens (including phenoxy) is 1. The van der Waals surface area contributed by atoms with Gasteiger partial charge in [0, 0.05) is 31.3 Å². The van der Waals surface area contributed by atoms with Gasteiger partial charge >= 0.3 is 5.97 Å². The van der Waals surface area contributed by atoms with Crippen LogP contribution in [-0.2, 0) is 16.1 Å². The van der Waals surface area contributed by atoms with Gasteiger partial charge in [0.25, 0.3) is 5.91 Å². The van der Waals surface area contributed by atoms with E-state index in [4.69, 9.17) is 4.74 Å². The lowest BCUT2D eigenvalue weighted by atomic mass is 9.93. The Morgan fingerprint density at radius 1 is 1.19 bits per heavy atom. The van der Waals surface area contributed by atoms with Crippen LogP contribution in [0.25, 0.3) is 11.1 Å². The average molecular weight is 513 g/mol. The molecular formula is C29H40N2O4S. The molecule has 0 spiro atoms. The number of aryl methyl sites for hydroxylation is 1. The molecular weight excluding hydrogens is 472 g/mol. The van der Waals surface area contributed by atoms with Gasteiger partial charge in [0.1, 0.15) is 6.04 Å². The van der Waals surface area contributed by atoms with E-state index in [0.717, 1.165) is 61.4 Å². The molecule has 1 aliphatic rings. The number of carbonyl (C=O) groups is 2. The normalized spacial score (nSPS) is 18.8. The zero-order chi connectivity index (χ0) is 26.1. The van der Waals surface area contributed by atoms with Crippen molar-refractivity contribution < 1.29 is 19.4 Å². The topological polar surface area (TPSA) is 78.9 Å². The first-order valence-electron chi connectivity index (χ1n) is 12.9. The van der Waals surface area contributed by atoms with Crippen LogP contribution in [-0.4, -0.2) is 65.7 Å². The number of carbonyl (C=O) groups excluding carboxylic acids is 1. The Kier molecular flexibility index (Phi) is 10.8. The lowest BCUT2D eigenvalue weighted by Gasteiger charge is -2.25. The summed E-state index contributed by atoms with van der Waals surface area (Å²) in [5, 5.41) is 12.4. The summed E-state index contributed by atoms with van der Waals surface area (Å²) >= 11 is 1.57. The summed E-state index contributed by atoms with van der Waals surface area (Å²) in [5.74, 6) is -0.0233. The summed E-state index contributed by atoms with van der Waals surface area (Å²) in [6.45, 7) is 9.62. The molecule has 1 fully saturated rings. The van der Waals surface area contributed by atoms with Crippen LogP contribution in [0.3, 0.4) is 0 Å². The van der Waals surface area contributed by atoms with Crippen LogP contribution in [0.4, 0.5) is 0 Å². The van der Waals surface area contributed by atoms with Gasteiger partial charge in [0.05, 0.1) is 6.61 Å². The van der Waals surface area contributed by atoms with E-state index in [-0.39, 0.29) is 5.91 Å². The third-order valence-corrected chi connectivity index (χ3v) is 7.71. The van der Waals surface area contributed by atoms with Crippen LogP contribution >= 0.6 is 11.8 Å². The van der Waals surface area contributed by atoms with Crippen LogP contribution in [0.2, 0.25) is 0 Å². The van der Waals surface area contributed by atoms with Gasteiger partial charge in [-0.15, -0.1) is 0 Å². The zero-order valence-corrected chi connectivity index (χ0v) is 22.8. The van der Waals surface area contributed by atoms with Gasteiger partial charge in [-0.05, 0) is 79.0 Å². The quantitative estimate of drug-likeness (QED) is 0.382. The van der Waals surface area contributed by atoms with E-state index in [1.165, 1.54) is 0 Å². The van der Waals surface area contributed by atoms with E-state index in [9.17, 15) is 14.7 Å². The summed E-state index contributed by atoms with van der Waals surface area (Å²) < 4.78 is 5.78. The molecule has 2 aromatic rings. The highest BCUT2D eigenvalue weighted by Crippen LogP contribution is 2.31. The number of nitrogens with one attached hydrogen (secondary N) is 1. The molecule has 0 aromatic heterocycles. The van der Waals surface area contributed by atoms with E-state index in [1.54, 1.807) is 11.8 Å². The number of hydrogen-bond donors (Lipinski definition) is 2. The Labute approximate surface area is 219 Å². The highest BCUT2D eigenvalue weighted by atomic mass is 32.2. The van der Waals surface area contributed by atoms with Crippen molar-refractivity contribution in [2.24, 2.45) is 5.92 Å². The molecule has 0 bridgehead atoms. The van der Waals surface area contributed by atoms with Gasteiger partial charge in [0.15, 0.2) is 0 Å². The van der Waals surface area contributed by atoms with Crippen LogP contribution in [0.15, 0.2) is 42.5 Å². The van der Waals surface area contributed by atoms with E-state index < -0.39 is 12.0 Å². The van der Waals surface area contributed by atoms with Crippen molar-refractivity contribution in [2.75, 3.05) is 31.8 Å². The molecule has 0 radical (unpaired) electrons. The third-order valence-electron chi connectivity index (χ3n) is 7.07. The van der Waals surface area contributed by atoms with E-state index in [2.05, 4.69) is 23.2 Å². The van der Waals surface area contributed by atoms with Crippen LogP contribution in [0.5, 0.6) is 0 Å². The highest BCUT2D eigenvalue weighted by Gasteiger charge is 2.31. The van der Waals surface area contributed by atoms with Gasteiger partial charge in [-0.2, -0.15) is 11.8 Å². The minimum atomic E-state index is -1.01. The summed E-state index contributed by atoms with van der Waals surface area (Å²) in [6, 6.07) is 13.5. The Bertz CT molecular complexity index is 1030. The maximum Gasteiger partial charge on any atom is 0.326 e. The van der Waals surface area contributed by atoms with Gasteiger partial charge in [-0.3, -0.25) is 9.69 Å². The number of benzene rings is 2. The first-order chi connectivity index (χ1) is 17.4. The fourth-order valence-corrected chi connectivity index (χ4v) is 5.43. The fourth-order valence-electron chi connectivity index (χ4n) is 4.96. The summed E-state index contributed by atoms with van der Waals surface area (Å²) in [4.78, 5) is 27.6. The predicted molar refractivity (Wildman–Crippen MR) is 148 cm³/mol. The van der Waals surface area contributed by atoms with Crippen LogP contribution in [0, 0.1) is 12.8 Å². The molecule has 3 unspecified atom stereocenters. The molecule has 3 rings (SSSR count). The second-order valence-electron chi connectivity index (χ2n) is 9.59. The number of likely N-dealkylation sites (tertiary alicyclic amines) is 1. The smallest absolute Gasteiger partial charge is 0.326 e. The Morgan fingerprint density at radius 3 is 2.64 bits per heavy atom. The average Bonchev–Trinajstić information content (AvgIpc) is 3.26. The molecule has 2 N–H and O–H groups in total. The van der Waals surface area contributed by atoms with Gasteiger partial charge in [0.2, 0.25) is 0 Å². The first-order valence-corrected chi connectivity index (χ1v) is 14.3. The molecule has 0 saturated carbocycles. The lowest BCUT2D eigenvalue weighted by molar-refractivity contribution is -0.139. The zero-order valence-electron chi connectivity index (χ0n) is 22.0. The second-order valence-corrected chi connectivity index (χ2v) is 10.6. The molecule has 1 saturated heterocycles. The Balaban J connectivity index is 1.91. The Hall–Kier alpha value is -2.35. The Morgan fingerprint density at radius 2 is 1.97 bits per heavy atom. The molecule has 3 atom stereocenters. The summed E-state index contributed by atoms with van der Waals surface area (Å²) in [5.41, 5.74) is 4.54. The molecule has 6 nitrogen and oxygen atoms in total. The predicted octanol–water partition coefficient (Wildman–Crippen LogP) is 5.24. The lowest BCUT2D eigenvalue weighted by Crippen LogP contribution is -2.41. The summed E-state index contributed by atoms with van der Waals surface area (Å²) in [6.07, 6.45) is 4.62. The highest BCUT2D eigenvalue weighted by molar-refractivity contribution is 7.98. The molecule has 2 aromatic carbocycles. The van der Waals surface area contributed by atoms with Crippen LogP contribution in [0.1, 0.15) is 54.6 Å². The largest absolute Gasteiger partial charge is 0.480 e. The number of amides is 1. The number of hydrogen-bond acceptors (Lipinski definition) is 5. The molecule has 7 heteroatoms. The molecule has 1 aliphatic heterocycles. The van der Waals surface area contributed by atoms with Crippen molar-refractivity contribution in [3.05, 3.63) is 59.2 Å². The maximum absolute atomic E-state index is 13.3. The number of carboxylic acids is 1. The second kappa shape index (κ2) is 13.8. The first kappa shape index (κ1) is 28.2. The molecule has 0 aliphatic carbocycles. The van der Waals surface area contributed by atoms with Gasteiger partial charge in [-0.1, -0.05) is 43.7 Å². The van der Waals surface area contributed by atoms with Crippen molar-refractivity contribution in [2.45, 2.75) is 58.7 Å². The van der Waals surface area contributed by atoms with E-state index >= 15 is 0 Å². The molecule has 1 amide bonds. The third kappa shape index (κ3) is 7.34. The number of nitrogens with zero attached hydrogens (tertiary/aromatic N) is 1. The molecule has 36 heavy (non-hydrogen) atoms. The van der Waals surface area contributed by atoms with Crippen LogP contribution < -0.4 is 5.32 Å². The van der Waals surface area contributed by atoms with Crippen molar-refractivity contribution in [3.63, 3.8) is 0 Å². The van der Waals surface area contributed by atoms with Crippen molar-refractivity contribution in [3.8, 4) is 11.1 Å². The van der Waals surface area contributed by atoms with Gasteiger partial charge in [-0.25, -0.2) is 4.79 Å². The monoisotopic (exact) mass is 512 g/mol. The molecule has 1 heterocycles. The maximum atomic E-state index is 13.3. The standard InChI is InChI=1S/C29H40N2O4S/c1-5-21-15-23(19-35-6-2)31(17-21)18-22-11-12-25(26(16-22)24-10-8-7-9-20(24)3)28(32)30-27(29(33)34)13-14-36-4/h7-12,16,21,23,27H,5-6,13-15,17-19H2,1-4H3,(H,30,32)(H,33,34). The SMILES string of the molecule is CCOCC1CC(CC)CN1Cc1ccc(C(=O)NC(CCSC)C(=O)O)c(-c2ccccc2C)c1. The van der Waals surface area contributed by atoms with Crippen molar-refractivity contribution in [1.82, 2.24) is 10.2 Å². The minimum Gasteiger partial charge on any atom is -0.480 e. The fraction of sp³-hybridized carbons (Fsp3) is 0.517. The number of aliphatic carboxylic acids is 1. The van der Waals surface area contributed by atoms with Gasteiger partial charge < -0.3 is 15.2 Å². The van der Waals surface area contributed by atoms with E-state index in [1.807, 2.05) is 56.5 Å². The number of thioether (sulfide) groups is 1. The molecule has 196 valence electrons.